The van der Waals surface area contributed by atoms with E-state index in [9.17, 15) is 4.79 Å². The van der Waals surface area contributed by atoms with E-state index in [4.69, 9.17) is 4.74 Å². The lowest BCUT2D eigenvalue weighted by molar-refractivity contribution is -0.117. The van der Waals surface area contributed by atoms with Gasteiger partial charge < -0.3 is 9.64 Å². The van der Waals surface area contributed by atoms with Gasteiger partial charge in [-0.3, -0.25) is 4.79 Å². The minimum Gasteiger partial charge on any atom is -0.381 e. The van der Waals surface area contributed by atoms with Crippen molar-refractivity contribution in [3.8, 4) is 0 Å². The summed E-state index contributed by atoms with van der Waals surface area (Å²) in [6.07, 6.45) is 5.09. The molecule has 1 aliphatic carbocycles. The SMILES string of the molecule is CN(CC1CCCOC1)C1CCC(=O)C1. The van der Waals surface area contributed by atoms with Crippen LogP contribution in [0, 0.1) is 5.92 Å². The molecular formula is C12H21NO2. The quantitative estimate of drug-likeness (QED) is 0.708. The second-order valence-electron chi connectivity index (χ2n) is 4.96. The molecule has 1 saturated carbocycles. The normalized spacial score (nSPS) is 32.5. The lowest BCUT2D eigenvalue weighted by Gasteiger charge is -2.30. The number of Topliss-reactive ketones (excluding diaryl/α,β-unsaturated/α-hetero) is 1. The summed E-state index contributed by atoms with van der Waals surface area (Å²) in [7, 11) is 2.15. The minimum atomic E-state index is 0.437. The summed E-state index contributed by atoms with van der Waals surface area (Å²) >= 11 is 0. The molecule has 0 spiro atoms. The van der Waals surface area contributed by atoms with Crippen LogP contribution in [-0.4, -0.2) is 43.5 Å². The summed E-state index contributed by atoms with van der Waals surface area (Å²) in [6, 6.07) is 0.499. The fourth-order valence-corrected chi connectivity index (χ4v) is 2.68. The van der Waals surface area contributed by atoms with Gasteiger partial charge in [-0.25, -0.2) is 0 Å². The Balaban J connectivity index is 1.75. The zero-order chi connectivity index (χ0) is 10.7. The Kier molecular flexibility index (Phi) is 3.76. The summed E-state index contributed by atoms with van der Waals surface area (Å²) in [4.78, 5) is 13.6. The number of carbonyl (C=O) groups excluding carboxylic acids is 1. The Morgan fingerprint density at radius 2 is 2.33 bits per heavy atom. The molecule has 0 aromatic rings. The predicted octanol–water partition coefficient (Wildman–Crippen LogP) is 1.47. The number of ketones is 1. The molecule has 2 fully saturated rings. The van der Waals surface area contributed by atoms with E-state index in [1.807, 2.05) is 0 Å². The molecule has 0 bridgehead atoms. The summed E-state index contributed by atoms with van der Waals surface area (Å²) in [5.41, 5.74) is 0. The van der Waals surface area contributed by atoms with Crippen LogP contribution in [0.5, 0.6) is 0 Å². The molecule has 3 nitrogen and oxygen atoms in total. The van der Waals surface area contributed by atoms with Gasteiger partial charge in [0.25, 0.3) is 0 Å². The summed E-state index contributed by atoms with van der Waals surface area (Å²) < 4.78 is 5.47. The Labute approximate surface area is 91.8 Å². The first kappa shape index (κ1) is 11.1. The zero-order valence-corrected chi connectivity index (χ0v) is 9.58. The fraction of sp³-hybridized carbons (Fsp3) is 0.917. The molecule has 3 heteroatoms. The Morgan fingerprint density at radius 1 is 1.47 bits per heavy atom. The Bertz CT molecular complexity index is 224. The van der Waals surface area contributed by atoms with E-state index in [1.165, 1.54) is 12.8 Å². The molecule has 15 heavy (non-hydrogen) atoms. The van der Waals surface area contributed by atoms with Crippen molar-refractivity contribution in [3.05, 3.63) is 0 Å². The summed E-state index contributed by atoms with van der Waals surface area (Å²) in [6.45, 7) is 2.94. The van der Waals surface area contributed by atoms with E-state index < -0.39 is 0 Å². The molecular weight excluding hydrogens is 190 g/mol. The summed E-state index contributed by atoms with van der Waals surface area (Å²) in [5, 5.41) is 0. The van der Waals surface area contributed by atoms with E-state index in [2.05, 4.69) is 11.9 Å². The molecule has 1 heterocycles. The smallest absolute Gasteiger partial charge is 0.134 e. The largest absolute Gasteiger partial charge is 0.381 e. The van der Waals surface area contributed by atoms with Gasteiger partial charge in [0.2, 0.25) is 0 Å². The van der Waals surface area contributed by atoms with Crippen molar-refractivity contribution >= 4 is 5.78 Å². The van der Waals surface area contributed by atoms with E-state index in [1.54, 1.807) is 0 Å². The van der Waals surface area contributed by atoms with E-state index >= 15 is 0 Å². The molecule has 1 aliphatic heterocycles. The van der Waals surface area contributed by atoms with Crippen molar-refractivity contribution in [1.29, 1.82) is 0 Å². The first-order valence-corrected chi connectivity index (χ1v) is 6.05. The predicted molar refractivity (Wildman–Crippen MR) is 58.8 cm³/mol. The number of nitrogens with zero attached hydrogens (tertiary/aromatic N) is 1. The maximum atomic E-state index is 11.2. The second kappa shape index (κ2) is 5.08. The Morgan fingerprint density at radius 3 is 2.93 bits per heavy atom. The van der Waals surface area contributed by atoms with Gasteiger partial charge in [-0.2, -0.15) is 0 Å². The van der Waals surface area contributed by atoms with Gasteiger partial charge >= 0.3 is 0 Å². The third-order valence-corrected chi connectivity index (χ3v) is 3.64. The minimum absolute atomic E-state index is 0.437. The van der Waals surface area contributed by atoms with Crippen molar-refractivity contribution in [2.75, 3.05) is 26.8 Å². The van der Waals surface area contributed by atoms with Crippen LogP contribution in [0.3, 0.4) is 0 Å². The standard InChI is InChI=1S/C12H21NO2/c1-13(11-4-5-12(14)7-11)8-10-3-2-6-15-9-10/h10-11H,2-9H2,1H3. The van der Waals surface area contributed by atoms with Gasteiger partial charge in [0.15, 0.2) is 0 Å². The van der Waals surface area contributed by atoms with Crippen LogP contribution in [0.2, 0.25) is 0 Å². The van der Waals surface area contributed by atoms with Crippen molar-refractivity contribution in [3.63, 3.8) is 0 Å². The van der Waals surface area contributed by atoms with Crippen molar-refractivity contribution < 1.29 is 9.53 Å². The van der Waals surface area contributed by atoms with E-state index in [0.29, 0.717) is 17.7 Å². The van der Waals surface area contributed by atoms with Crippen LogP contribution in [0.1, 0.15) is 32.1 Å². The highest BCUT2D eigenvalue weighted by Gasteiger charge is 2.27. The number of rotatable bonds is 3. The van der Waals surface area contributed by atoms with Crippen LogP contribution in [0.4, 0.5) is 0 Å². The number of hydrogen-bond acceptors (Lipinski definition) is 3. The molecule has 0 N–H and O–H groups in total. The van der Waals surface area contributed by atoms with E-state index in [0.717, 1.165) is 39.0 Å². The first-order chi connectivity index (χ1) is 7.25. The average molecular weight is 211 g/mol. The van der Waals surface area contributed by atoms with Crippen molar-refractivity contribution in [2.24, 2.45) is 5.92 Å². The average Bonchev–Trinajstić information content (AvgIpc) is 2.66. The second-order valence-corrected chi connectivity index (χ2v) is 4.96. The monoisotopic (exact) mass is 211 g/mol. The number of hydrogen-bond donors (Lipinski definition) is 0. The molecule has 0 aromatic heterocycles. The van der Waals surface area contributed by atoms with Crippen molar-refractivity contribution in [2.45, 2.75) is 38.1 Å². The number of carbonyl (C=O) groups is 1. The Hall–Kier alpha value is -0.410. The molecule has 1 saturated heterocycles. The highest BCUT2D eigenvalue weighted by molar-refractivity contribution is 5.81. The molecule has 86 valence electrons. The summed E-state index contributed by atoms with van der Waals surface area (Å²) in [5.74, 6) is 1.12. The molecule has 2 rings (SSSR count). The maximum Gasteiger partial charge on any atom is 0.134 e. The molecule has 2 unspecified atom stereocenters. The maximum absolute atomic E-state index is 11.2. The van der Waals surface area contributed by atoms with Gasteiger partial charge in [0.1, 0.15) is 5.78 Å². The lowest BCUT2D eigenvalue weighted by atomic mass is 10.0. The molecule has 2 aliphatic rings. The van der Waals surface area contributed by atoms with Crippen LogP contribution >= 0.6 is 0 Å². The fourth-order valence-electron chi connectivity index (χ4n) is 2.68. The zero-order valence-electron chi connectivity index (χ0n) is 9.58. The van der Waals surface area contributed by atoms with Crippen LogP contribution in [0.15, 0.2) is 0 Å². The van der Waals surface area contributed by atoms with Gasteiger partial charge in [-0.05, 0) is 32.2 Å². The first-order valence-electron chi connectivity index (χ1n) is 6.05. The van der Waals surface area contributed by atoms with Gasteiger partial charge in [0, 0.05) is 32.0 Å². The number of ether oxygens (including phenoxy) is 1. The molecule has 0 aromatic carbocycles. The molecule has 2 atom stereocenters. The third-order valence-electron chi connectivity index (χ3n) is 3.64. The van der Waals surface area contributed by atoms with Crippen LogP contribution in [0.25, 0.3) is 0 Å². The molecule has 0 radical (unpaired) electrons. The van der Waals surface area contributed by atoms with Crippen LogP contribution in [-0.2, 0) is 9.53 Å². The highest BCUT2D eigenvalue weighted by Crippen LogP contribution is 2.22. The van der Waals surface area contributed by atoms with Gasteiger partial charge in [-0.1, -0.05) is 0 Å². The van der Waals surface area contributed by atoms with Crippen molar-refractivity contribution in [1.82, 2.24) is 4.90 Å². The topological polar surface area (TPSA) is 29.5 Å². The van der Waals surface area contributed by atoms with Gasteiger partial charge in [0.05, 0.1) is 6.61 Å². The van der Waals surface area contributed by atoms with Gasteiger partial charge in [-0.15, -0.1) is 0 Å². The lowest BCUT2D eigenvalue weighted by Crippen LogP contribution is -2.36. The van der Waals surface area contributed by atoms with Crippen LogP contribution < -0.4 is 0 Å². The highest BCUT2D eigenvalue weighted by atomic mass is 16.5. The molecule has 0 amide bonds. The third kappa shape index (κ3) is 3.02. The van der Waals surface area contributed by atoms with E-state index in [-0.39, 0.29) is 0 Å².